The molecule has 0 bridgehead atoms. The number of carbonyl (C=O) groups excluding carboxylic acids is 1. The predicted molar refractivity (Wildman–Crippen MR) is 156 cm³/mol. The van der Waals surface area contributed by atoms with E-state index >= 15 is 0 Å². The van der Waals surface area contributed by atoms with Gasteiger partial charge >= 0.3 is 0 Å². The Morgan fingerprint density at radius 1 is 0.897 bits per heavy atom. The predicted octanol–water partition coefficient (Wildman–Crippen LogP) is 6.28. The summed E-state index contributed by atoms with van der Waals surface area (Å²) in [5.41, 5.74) is 0.855. The summed E-state index contributed by atoms with van der Waals surface area (Å²) in [5.74, 6) is -1.33. The molecule has 208 valence electrons. The first-order valence-electron chi connectivity index (χ1n) is 11.7. The Morgan fingerprint density at radius 2 is 1.56 bits per heavy atom. The summed E-state index contributed by atoms with van der Waals surface area (Å²) in [5, 5.41) is 3.77. The van der Waals surface area contributed by atoms with Crippen molar-refractivity contribution in [2.24, 2.45) is 5.92 Å². The fourth-order valence-electron chi connectivity index (χ4n) is 4.09. The average molecular weight is 651 g/mol. The van der Waals surface area contributed by atoms with E-state index < -0.39 is 26.0 Å². The highest BCUT2D eigenvalue weighted by atomic mass is 35.5. The first kappa shape index (κ1) is 29.9. The van der Waals surface area contributed by atoms with Crippen molar-refractivity contribution in [3.63, 3.8) is 0 Å². The van der Waals surface area contributed by atoms with Crippen LogP contribution in [0.3, 0.4) is 0 Å². The van der Waals surface area contributed by atoms with E-state index in [4.69, 9.17) is 46.4 Å². The third kappa shape index (κ3) is 7.38. The molecule has 1 saturated heterocycles. The molecule has 1 heterocycles. The van der Waals surface area contributed by atoms with Crippen LogP contribution in [0.4, 0.5) is 11.4 Å². The summed E-state index contributed by atoms with van der Waals surface area (Å²) in [4.78, 5) is 12.9. The first-order chi connectivity index (χ1) is 18.4. The number of piperidine rings is 1. The number of amides is 1. The van der Waals surface area contributed by atoms with Crippen LogP contribution in [0, 0.1) is 5.92 Å². The number of hydrogen-bond donors (Lipinski definition) is 2. The molecule has 1 amide bonds. The SMILES string of the molecule is O=C(Nc1ccc(S(=O)(=O)Nc2ccc(Cl)cc2Cl)cc1)[C@H]1CCCN(S(=O)(=O)Cc2c(Cl)cccc2Cl)C1. The number of sulfonamides is 2. The van der Waals surface area contributed by atoms with Crippen LogP contribution >= 0.6 is 46.4 Å². The van der Waals surface area contributed by atoms with Crippen molar-refractivity contribution in [1.29, 1.82) is 0 Å². The van der Waals surface area contributed by atoms with Crippen LogP contribution in [0.5, 0.6) is 0 Å². The third-order valence-corrected chi connectivity index (χ3v) is 10.6. The molecule has 14 heteroatoms. The van der Waals surface area contributed by atoms with Crippen LogP contribution in [-0.2, 0) is 30.6 Å². The van der Waals surface area contributed by atoms with Crippen molar-refractivity contribution >= 4 is 83.7 Å². The minimum absolute atomic E-state index is 0.00841. The van der Waals surface area contributed by atoms with E-state index in [1.807, 2.05) is 0 Å². The Hall–Kier alpha value is -2.05. The topological polar surface area (TPSA) is 113 Å². The number of nitrogens with one attached hydrogen (secondary N) is 2. The van der Waals surface area contributed by atoms with Gasteiger partial charge in [0.05, 0.1) is 27.3 Å². The van der Waals surface area contributed by atoms with Crippen molar-refractivity contribution < 1.29 is 21.6 Å². The lowest BCUT2D eigenvalue weighted by molar-refractivity contribution is -0.120. The van der Waals surface area contributed by atoms with Crippen molar-refractivity contribution in [3.8, 4) is 0 Å². The molecule has 1 fully saturated rings. The molecule has 4 rings (SSSR count). The first-order valence-corrected chi connectivity index (χ1v) is 16.3. The molecule has 0 aromatic heterocycles. The lowest BCUT2D eigenvalue weighted by Crippen LogP contribution is -2.44. The summed E-state index contributed by atoms with van der Waals surface area (Å²) in [6.45, 7) is 0.292. The van der Waals surface area contributed by atoms with Crippen LogP contribution in [0.25, 0.3) is 0 Å². The van der Waals surface area contributed by atoms with Crippen molar-refractivity contribution in [2.75, 3.05) is 23.1 Å². The zero-order valence-corrected chi connectivity index (χ0v) is 24.9. The summed E-state index contributed by atoms with van der Waals surface area (Å²) in [6.07, 6.45) is 1.01. The summed E-state index contributed by atoms with van der Waals surface area (Å²) >= 11 is 24.2. The number of benzene rings is 3. The summed E-state index contributed by atoms with van der Waals surface area (Å²) in [7, 11) is -7.73. The lowest BCUT2D eigenvalue weighted by atomic mass is 9.99. The molecular formula is C25H23Cl4N3O5S2. The number of nitrogens with zero attached hydrogens (tertiary/aromatic N) is 1. The number of anilines is 2. The maximum atomic E-state index is 13.1. The Labute approximate surface area is 247 Å². The monoisotopic (exact) mass is 649 g/mol. The van der Waals surface area contributed by atoms with E-state index in [1.54, 1.807) is 18.2 Å². The number of hydrogen-bond acceptors (Lipinski definition) is 5. The molecule has 0 saturated carbocycles. The van der Waals surface area contributed by atoms with E-state index in [0.717, 1.165) is 0 Å². The van der Waals surface area contributed by atoms with E-state index in [2.05, 4.69) is 10.0 Å². The molecule has 0 spiro atoms. The molecule has 0 aliphatic carbocycles. The normalized spacial score (nSPS) is 16.6. The molecular weight excluding hydrogens is 628 g/mol. The highest BCUT2D eigenvalue weighted by Crippen LogP contribution is 2.30. The molecule has 0 unspecified atom stereocenters. The van der Waals surface area contributed by atoms with Gasteiger partial charge in [-0.05, 0) is 67.4 Å². The Morgan fingerprint density at radius 3 is 2.21 bits per heavy atom. The quantitative estimate of drug-likeness (QED) is 0.298. The molecule has 1 aliphatic rings. The highest BCUT2D eigenvalue weighted by molar-refractivity contribution is 7.92. The zero-order valence-electron chi connectivity index (χ0n) is 20.2. The molecule has 3 aromatic carbocycles. The van der Waals surface area contributed by atoms with Crippen molar-refractivity contribution in [2.45, 2.75) is 23.5 Å². The van der Waals surface area contributed by atoms with Gasteiger partial charge in [0.15, 0.2) is 0 Å². The van der Waals surface area contributed by atoms with Crippen LogP contribution in [-0.4, -0.2) is 40.1 Å². The van der Waals surface area contributed by atoms with Crippen LogP contribution in [0.1, 0.15) is 18.4 Å². The molecule has 1 atom stereocenters. The van der Waals surface area contributed by atoms with Gasteiger partial charge in [-0.25, -0.2) is 21.1 Å². The minimum atomic E-state index is -3.95. The largest absolute Gasteiger partial charge is 0.326 e. The van der Waals surface area contributed by atoms with Gasteiger partial charge in [-0.2, -0.15) is 0 Å². The molecule has 8 nitrogen and oxygen atoms in total. The van der Waals surface area contributed by atoms with Gasteiger partial charge in [0.1, 0.15) is 0 Å². The summed E-state index contributed by atoms with van der Waals surface area (Å²) in [6, 6.07) is 14.7. The maximum absolute atomic E-state index is 13.1. The number of rotatable bonds is 8. The van der Waals surface area contributed by atoms with Crippen molar-refractivity contribution in [1.82, 2.24) is 4.31 Å². The van der Waals surface area contributed by atoms with E-state index in [9.17, 15) is 21.6 Å². The Balaban J connectivity index is 1.40. The zero-order chi connectivity index (χ0) is 28.4. The lowest BCUT2D eigenvalue weighted by Gasteiger charge is -2.31. The Bertz CT molecular complexity index is 1580. The number of halogens is 4. The van der Waals surface area contributed by atoms with Gasteiger partial charge in [-0.1, -0.05) is 52.5 Å². The van der Waals surface area contributed by atoms with Gasteiger partial charge < -0.3 is 5.32 Å². The Kier molecular flexibility index (Phi) is 9.37. The smallest absolute Gasteiger partial charge is 0.261 e. The van der Waals surface area contributed by atoms with Crippen LogP contribution in [0.2, 0.25) is 20.1 Å². The molecule has 0 radical (unpaired) electrons. The fraction of sp³-hybridized carbons (Fsp3) is 0.240. The standard InChI is InChI=1S/C25H23Cl4N3O5S2/c26-17-6-11-24(23(29)13-17)31-39(36,37)19-9-7-18(8-10-19)30-25(33)16-3-2-12-32(14-16)38(34,35)15-20-21(27)4-1-5-22(20)28/h1,4-11,13,16,31H,2-3,12,14-15H2,(H,30,33)/t16-/m0/s1. The van der Waals surface area contributed by atoms with E-state index in [-0.39, 0.29) is 50.4 Å². The minimum Gasteiger partial charge on any atom is -0.326 e. The average Bonchev–Trinajstić information content (AvgIpc) is 2.88. The molecule has 1 aliphatic heterocycles. The molecule has 3 aromatic rings. The van der Waals surface area contributed by atoms with Gasteiger partial charge in [0.25, 0.3) is 10.0 Å². The summed E-state index contributed by atoms with van der Waals surface area (Å²) < 4.78 is 55.4. The maximum Gasteiger partial charge on any atom is 0.261 e. The molecule has 39 heavy (non-hydrogen) atoms. The van der Waals surface area contributed by atoms with E-state index in [0.29, 0.717) is 29.1 Å². The molecule has 2 N–H and O–H groups in total. The van der Waals surface area contributed by atoms with Crippen LogP contribution in [0.15, 0.2) is 65.6 Å². The van der Waals surface area contributed by atoms with Gasteiger partial charge in [-0.15, -0.1) is 0 Å². The van der Waals surface area contributed by atoms with Crippen LogP contribution < -0.4 is 10.0 Å². The fourth-order valence-corrected chi connectivity index (χ4v) is 8.04. The number of carbonyl (C=O) groups is 1. The highest BCUT2D eigenvalue weighted by Gasteiger charge is 2.33. The second-order valence-electron chi connectivity index (χ2n) is 8.90. The van der Waals surface area contributed by atoms with Crippen molar-refractivity contribution in [3.05, 3.63) is 86.3 Å². The van der Waals surface area contributed by atoms with Gasteiger partial charge in [-0.3, -0.25) is 9.52 Å². The third-order valence-electron chi connectivity index (χ3n) is 6.14. The second kappa shape index (κ2) is 12.2. The van der Waals surface area contributed by atoms with Gasteiger partial charge in [0, 0.05) is 39.4 Å². The van der Waals surface area contributed by atoms with Gasteiger partial charge in [0.2, 0.25) is 15.9 Å². The van der Waals surface area contributed by atoms with E-state index in [1.165, 1.54) is 46.8 Å². The second-order valence-corrected chi connectivity index (χ2v) is 14.2.